The van der Waals surface area contributed by atoms with Crippen LogP contribution in [0.1, 0.15) is 20.9 Å². The maximum atomic E-state index is 10.9. The van der Waals surface area contributed by atoms with Crippen molar-refractivity contribution in [1.82, 2.24) is 14.8 Å². The van der Waals surface area contributed by atoms with Gasteiger partial charge in [-0.25, -0.2) is 9.78 Å². The normalized spacial score (nSPS) is 11.4. The van der Waals surface area contributed by atoms with Crippen LogP contribution in [0.5, 0.6) is 0 Å². The van der Waals surface area contributed by atoms with E-state index in [1.165, 1.54) is 11.3 Å². The highest BCUT2D eigenvalue weighted by molar-refractivity contribution is 7.19. The summed E-state index contributed by atoms with van der Waals surface area (Å²) in [5.41, 5.74) is 2.09. The molecule has 0 aliphatic rings. The number of nitrogens with zero attached hydrogens (tertiary/aromatic N) is 3. The summed E-state index contributed by atoms with van der Waals surface area (Å²) in [6.45, 7) is 0. The minimum Gasteiger partial charge on any atom is -0.478 e. The molecule has 0 radical (unpaired) electrons. The molecule has 0 bridgehead atoms. The third-order valence-corrected chi connectivity index (χ3v) is 3.78. The predicted molar refractivity (Wildman–Crippen MR) is 78.7 cm³/mol. The summed E-state index contributed by atoms with van der Waals surface area (Å²) >= 11 is 1.47. The van der Waals surface area contributed by atoms with Gasteiger partial charge in [0.1, 0.15) is 5.01 Å². The summed E-state index contributed by atoms with van der Waals surface area (Å²) in [6.07, 6.45) is 7.52. The number of aromatic carboxylic acids is 1. The molecule has 0 aliphatic heterocycles. The maximum Gasteiger partial charge on any atom is 0.335 e. The standard InChI is InChI=1S/C14H11N3O2S/c1-17-8-9(7-15-17)2-5-13-16-11-4-3-10(14(18)19)6-12(11)20-13/h2-8H,1H3,(H,18,19)/b5-2+. The van der Waals surface area contributed by atoms with Gasteiger partial charge in [-0.15, -0.1) is 11.3 Å². The van der Waals surface area contributed by atoms with Crippen LogP contribution in [0.3, 0.4) is 0 Å². The molecule has 0 aliphatic carbocycles. The number of carboxylic acids is 1. The third kappa shape index (κ3) is 2.46. The summed E-state index contributed by atoms with van der Waals surface area (Å²) in [4.78, 5) is 15.4. The Labute approximate surface area is 118 Å². The lowest BCUT2D eigenvalue weighted by molar-refractivity contribution is 0.0697. The van der Waals surface area contributed by atoms with E-state index in [9.17, 15) is 4.79 Å². The molecule has 1 N–H and O–H groups in total. The van der Waals surface area contributed by atoms with Gasteiger partial charge in [-0.05, 0) is 30.4 Å². The molecule has 3 rings (SSSR count). The van der Waals surface area contributed by atoms with Crippen molar-refractivity contribution in [3.63, 3.8) is 0 Å². The number of hydrogen-bond acceptors (Lipinski definition) is 4. The van der Waals surface area contributed by atoms with Gasteiger partial charge >= 0.3 is 5.97 Å². The molecule has 3 aromatic rings. The number of aryl methyl sites for hydroxylation is 1. The number of hydrogen-bond donors (Lipinski definition) is 1. The minimum absolute atomic E-state index is 0.281. The molecule has 0 spiro atoms. The van der Waals surface area contributed by atoms with Gasteiger partial charge in [0.15, 0.2) is 0 Å². The Morgan fingerprint density at radius 2 is 2.25 bits per heavy atom. The number of carboxylic acid groups (broad SMARTS) is 1. The Kier molecular flexibility index (Phi) is 3.08. The van der Waals surface area contributed by atoms with E-state index in [1.54, 1.807) is 29.1 Å². The fourth-order valence-corrected chi connectivity index (χ4v) is 2.75. The summed E-state index contributed by atoms with van der Waals surface area (Å²) in [7, 11) is 1.86. The van der Waals surface area contributed by atoms with E-state index in [1.807, 2.05) is 25.4 Å². The van der Waals surface area contributed by atoms with Crippen LogP contribution < -0.4 is 0 Å². The van der Waals surface area contributed by atoms with E-state index >= 15 is 0 Å². The zero-order chi connectivity index (χ0) is 14.1. The number of carbonyl (C=O) groups is 1. The molecule has 0 saturated carbocycles. The van der Waals surface area contributed by atoms with Gasteiger partial charge in [0.2, 0.25) is 0 Å². The first-order valence-electron chi connectivity index (χ1n) is 5.92. The summed E-state index contributed by atoms with van der Waals surface area (Å²) in [5, 5.41) is 13.9. The highest BCUT2D eigenvalue weighted by Crippen LogP contribution is 2.24. The molecule has 2 aromatic heterocycles. The lowest BCUT2D eigenvalue weighted by Crippen LogP contribution is -1.94. The van der Waals surface area contributed by atoms with Crippen LogP contribution in [-0.2, 0) is 7.05 Å². The highest BCUT2D eigenvalue weighted by atomic mass is 32.1. The summed E-state index contributed by atoms with van der Waals surface area (Å²) in [6, 6.07) is 4.95. The second-order valence-electron chi connectivity index (χ2n) is 4.32. The maximum absolute atomic E-state index is 10.9. The van der Waals surface area contributed by atoms with Gasteiger partial charge in [-0.1, -0.05) is 0 Å². The van der Waals surface area contributed by atoms with Gasteiger partial charge < -0.3 is 5.11 Å². The Bertz CT molecular complexity index is 817. The Morgan fingerprint density at radius 1 is 1.40 bits per heavy atom. The zero-order valence-corrected chi connectivity index (χ0v) is 11.5. The molecule has 6 heteroatoms. The second-order valence-corrected chi connectivity index (χ2v) is 5.38. The molecule has 0 unspecified atom stereocenters. The van der Waals surface area contributed by atoms with Gasteiger partial charge in [0, 0.05) is 18.8 Å². The van der Waals surface area contributed by atoms with Crippen LogP contribution in [0.25, 0.3) is 22.4 Å². The molecule has 0 atom stereocenters. The first-order valence-corrected chi connectivity index (χ1v) is 6.74. The topological polar surface area (TPSA) is 68.0 Å². The number of fused-ring (bicyclic) bond motifs is 1. The predicted octanol–water partition coefficient (Wildman–Crippen LogP) is 2.90. The number of aromatic nitrogens is 3. The van der Waals surface area contributed by atoms with Crippen molar-refractivity contribution in [3.05, 3.63) is 46.7 Å². The van der Waals surface area contributed by atoms with E-state index < -0.39 is 5.97 Å². The van der Waals surface area contributed by atoms with Crippen LogP contribution in [0.15, 0.2) is 30.6 Å². The fourth-order valence-electron chi connectivity index (χ4n) is 1.84. The Balaban J connectivity index is 1.92. The van der Waals surface area contributed by atoms with E-state index in [2.05, 4.69) is 10.1 Å². The van der Waals surface area contributed by atoms with Crippen molar-refractivity contribution in [3.8, 4) is 0 Å². The average Bonchev–Trinajstić information content (AvgIpc) is 3.00. The first-order chi connectivity index (χ1) is 9.61. The van der Waals surface area contributed by atoms with Crippen LogP contribution in [0, 0.1) is 0 Å². The van der Waals surface area contributed by atoms with Crippen molar-refractivity contribution in [2.45, 2.75) is 0 Å². The van der Waals surface area contributed by atoms with E-state index in [4.69, 9.17) is 5.11 Å². The highest BCUT2D eigenvalue weighted by Gasteiger charge is 2.06. The van der Waals surface area contributed by atoms with Crippen molar-refractivity contribution in [1.29, 1.82) is 0 Å². The molecule has 0 saturated heterocycles. The first kappa shape index (κ1) is 12.6. The lowest BCUT2D eigenvalue weighted by Gasteiger charge is -1.91. The van der Waals surface area contributed by atoms with Crippen molar-refractivity contribution in [2.24, 2.45) is 7.05 Å². The van der Waals surface area contributed by atoms with Crippen molar-refractivity contribution < 1.29 is 9.90 Å². The molecule has 2 heterocycles. The second kappa shape index (κ2) is 4.90. The molecule has 20 heavy (non-hydrogen) atoms. The summed E-state index contributed by atoms with van der Waals surface area (Å²) in [5.74, 6) is -0.923. The monoisotopic (exact) mass is 285 g/mol. The summed E-state index contributed by atoms with van der Waals surface area (Å²) < 4.78 is 2.60. The molecule has 100 valence electrons. The molecule has 0 fully saturated rings. The van der Waals surface area contributed by atoms with Crippen molar-refractivity contribution in [2.75, 3.05) is 0 Å². The molecule has 5 nitrogen and oxygen atoms in total. The number of benzene rings is 1. The fraction of sp³-hybridized carbons (Fsp3) is 0.0714. The van der Waals surface area contributed by atoms with Crippen molar-refractivity contribution >= 4 is 39.7 Å². The minimum atomic E-state index is -0.923. The van der Waals surface area contributed by atoms with Gasteiger partial charge in [-0.2, -0.15) is 5.10 Å². The largest absolute Gasteiger partial charge is 0.478 e. The Hall–Kier alpha value is -2.47. The molecule has 0 amide bonds. The number of thiazole rings is 1. The van der Waals surface area contributed by atoms with Gasteiger partial charge in [0.25, 0.3) is 0 Å². The zero-order valence-electron chi connectivity index (χ0n) is 10.6. The molecular formula is C14H11N3O2S. The number of rotatable bonds is 3. The van der Waals surface area contributed by atoms with Gasteiger partial charge in [-0.3, -0.25) is 4.68 Å². The average molecular weight is 285 g/mol. The quantitative estimate of drug-likeness (QED) is 0.803. The third-order valence-electron chi connectivity index (χ3n) is 2.80. The smallest absolute Gasteiger partial charge is 0.335 e. The Morgan fingerprint density at radius 3 is 2.95 bits per heavy atom. The van der Waals surface area contributed by atoms with E-state index in [0.29, 0.717) is 0 Å². The van der Waals surface area contributed by atoms with Crippen LogP contribution in [-0.4, -0.2) is 25.8 Å². The molecule has 1 aromatic carbocycles. The van der Waals surface area contributed by atoms with Crippen LogP contribution in [0.4, 0.5) is 0 Å². The van der Waals surface area contributed by atoms with E-state index in [-0.39, 0.29) is 5.56 Å². The van der Waals surface area contributed by atoms with Crippen LogP contribution >= 0.6 is 11.3 Å². The SMILES string of the molecule is Cn1cc(/C=C/c2nc3ccc(C(=O)O)cc3s2)cn1. The van der Waals surface area contributed by atoms with Crippen LogP contribution in [0.2, 0.25) is 0 Å². The van der Waals surface area contributed by atoms with E-state index in [0.717, 1.165) is 20.8 Å². The molecular weight excluding hydrogens is 274 g/mol. The van der Waals surface area contributed by atoms with Gasteiger partial charge in [0.05, 0.1) is 22.0 Å². The lowest BCUT2D eigenvalue weighted by atomic mass is 10.2.